The van der Waals surface area contributed by atoms with Gasteiger partial charge < -0.3 is 19.8 Å². The van der Waals surface area contributed by atoms with Crippen LogP contribution in [0.1, 0.15) is 5.76 Å². The molecule has 118 valence electrons. The lowest BCUT2D eigenvalue weighted by Gasteiger charge is -2.09. The van der Waals surface area contributed by atoms with Crippen LogP contribution < -0.4 is 15.4 Å². The van der Waals surface area contributed by atoms with Gasteiger partial charge >= 0.3 is 0 Å². The van der Waals surface area contributed by atoms with E-state index in [1.54, 1.807) is 6.26 Å². The highest BCUT2D eigenvalue weighted by atomic mass is 16.5. The first-order valence-corrected chi connectivity index (χ1v) is 7.70. The van der Waals surface area contributed by atoms with E-state index >= 15 is 0 Å². The number of furan rings is 1. The minimum atomic E-state index is 0.749. The largest absolute Gasteiger partial charge is 0.468 e. The maximum Gasteiger partial charge on any atom is 0.127 e. The fourth-order valence-electron chi connectivity index (χ4n) is 2.19. The van der Waals surface area contributed by atoms with Crippen molar-refractivity contribution in [3.8, 4) is 11.5 Å². The summed E-state index contributed by atoms with van der Waals surface area (Å²) < 4.78 is 11.0. The molecule has 0 amide bonds. The minimum absolute atomic E-state index is 0.749. The van der Waals surface area contributed by atoms with Gasteiger partial charge in [0.25, 0.3) is 0 Å². The molecule has 0 fully saturated rings. The van der Waals surface area contributed by atoms with E-state index in [4.69, 9.17) is 9.15 Å². The highest BCUT2D eigenvalue weighted by Gasteiger charge is 1.98. The number of ether oxygens (including phenoxy) is 1. The maximum absolute atomic E-state index is 5.77. The van der Waals surface area contributed by atoms with Crippen molar-refractivity contribution < 1.29 is 9.15 Å². The predicted molar refractivity (Wildman–Crippen MR) is 91.9 cm³/mol. The molecule has 2 aromatic carbocycles. The summed E-state index contributed by atoms with van der Waals surface area (Å²) in [5.74, 6) is 2.63. The van der Waals surface area contributed by atoms with E-state index in [0.29, 0.717) is 0 Å². The lowest BCUT2D eigenvalue weighted by atomic mass is 10.3. The Balaban J connectivity index is 1.39. The van der Waals surface area contributed by atoms with Crippen molar-refractivity contribution in [3.05, 3.63) is 78.8 Å². The van der Waals surface area contributed by atoms with E-state index in [1.807, 2.05) is 66.7 Å². The summed E-state index contributed by atoms with van der Waals surface area (Å²) in [5.41, 5.74) is 1.07. The van der Waals surface area contributed by atoms with Crippen molar-refractivity contribution in [1.29, 1.82) is 0 Å². The molecular weight excluding hydrogens is 288 g/mol. The topological polar surface area (TPSA) is 46.4 Å². The molecule has 3 rings (SSSR count). The highest BCUT2D eigenvalue weighted by Crippen LogP contribution is 2.22. The zero-order chi connectivity index (χ0) is 15.7. The molecule has 0 aliphatic carbocycles. The van der Waals surface area contributed by atoms with Crippen molar-refractivity contribution in [2.24, 2.45) is 0 Å². The third-order valence-electron chi connectivity index (χ3n) is 3.34. The predicted octanol–water partition coefficient (Wildman–Crippen LogP) is 4.27. The Kier molecular flexibility index (Phi) is 5.32. The standard InChI is InChI=1S/C19H20N2O2/c1-2-5-17(6-3-1)23-18-10-8-16(9-11-18)21-13-12-20-15-19-7-4-14-22-19/h1-11,14,20-21H,12-13,15H2. The second-order valence-electron chi connectivity index (χ2n) is 5.12. The second kappa shape index (κ2) is 8.06. The molecule has 0 saturated heterocycles. The highest BCUT2D eigenvalue weighted by molar-refractivity contribution is 5.47. The normalized spacial score (nSPS) is 10.4. The Hall–Kier alpha value is -2.72. The van der Waals surface area contributed by atoms with Crippen LogP contribution >= 0.6 is 0 Å². The van der Waals surface area contributed by atoms with Crippen molar-refractivity contribution in [1.82, 2.24) is 5.32 Å². The van der Waals surface area contributed by atoms with Gasteiger partial charge in [0.15, 0.2) is 0 Å². The molecule has 0 saturated carbocycles. The Morgan fingerprint density at radius 3 is 2.30 bits per heavy atom. The summed E-state index contributed by atoms with van der Waals surface area (Å²) in [6, 6.07) is 21.6. The minimum Gasteiger partial charge on any atom is -0.468 e. The lowest BCUT2D eigenvalue weighted by molar-refractivity contribution is 0.482. The smallest absolute Gasteiger partial charge is 0.127 e. The van der Waals surface area contributed by atoms with Crippen LogP contribution in [0.4, 0.5) is 5.69 Å². The van der Waals surface area contributed by atoms with Gasteiger partial charge in [0, 0.05) is 18.8 Å². The monoisotopic (exact) mass is 308 g/mol. The fraction of sp³-hybridized carbons (Fsp3) is 0.158. The lowest BCUT2D eigenvalue weighted by Crippen LogP contribution is -2.21. The number of hydrogen-bond acceptors (Lipinski definition) is 4. The molecule has 4 heteroatoms. The number of benzene rings is 2. The molecule has 0 unspecified atom stereocenters. The fourth-order valence-corrected chi connectivity index (χ4v) is 2.19. The van der Waals surface area contributed by atoms with Crippen LogP contribution in [0.5, 0.6) is 11.5 Å². The van der Waals surface area contributed by atoms with Crippen molar-refractivity contribution in [2.45, 2.75) is 6.54 Å². The third kappa shape index (κ3) is 4.90. The van der Waals surface area contributed by atoms with Gasteiger partial charge in [-0.25, -0.2) is 0 Å². The molecule has 1 heterocycles. The van der Waals surface area contributed by atoms with Crippen LogP contribution in [0, 0.1) is 0 Å². The first-order chi connectivity index (χ1) is 11.4. The molecule has 4 nitrogen and oxygen atoms in total. The molecule has 23 heavy (non-hydrogen) atoms. The number of para-hydroxylation sites is 1. The van der Waals surface area contributed by atoms with E-state index in [-0.39, 0.29) is 0 Å². The number of anilines is 1. The summed E-state index contributed by atoms with van der Waals surface area (Å²) in [6.07, 6.45) is 1.69. The van der Waals surface area contributed by atoms with Gasteiger partial charge in [-0.3, -0.25) is 0 Å². The van der Waals surface area contributed by atoms with E-state index in [1.165, 1.54) is 0 Å². The Morgan fingerprint density at radius 2 is 1.57 bits per heavy atom. The zero-order valence-electron chi connectivity index (χ0n) is 12.9. The van der Waals surface area contributed by atoms with Crippen LogP contribution in [0.2, 0.25) is 0 Å². The van der Waals surface area contributed by atoms with Gasteiger partial charge in [0.2, 0.25) is 0 Å². The Labute approximate surface area is 136 Å². The van der Waals surface area contributed by atoms with Crippen LogP contribution in [-0.4, -0.2) is 13.1 Å². The van der Waals surface area contributed by atoms with Crippen LogP contribution in [-0.2, 0) is 6.54 Å². The average Bonchev–Trinajstić information content (AvgIpc) is 3.10. The molecule has 0 atom stereocenters. The SMILES string of the molecule is c1ccc(Oc2ccc(NCCNCc3ccco3)cc2)cc1. The third-order valence-corrected chi connectivity index (χ3v) is 3.34. The molecule has 0 aliphatic heterocycles. The zero-order valence-corrected chi connectivity index (χ0v) is 12.9. The summed E-state index contributed by atoms with van der Waals surface area (Å²) in [5, 5.41) is 6.69. The van der Waals surface area contributed by atoms with Crippen molar-refractivity contribution >= 4 is 5.69 Å². The molecule has 2 N–H and O–H groups in total. The molecule has 0 spiro atoms. The molecule has 0 aliphatic rings. The van der Waals surface area contributed by atoms with Gasteiger partial charge in [-0.05, 0) is 48.5 Å². The number of hydrogen-bond donors (Lipinski definition) is 2. The molecular formula is C19H20N2O2. The van der Waals surface area contributed by atoms with Crippen LogP contribution in [0.15, 0.2) is 77.4 Å². The van der Waals surface area contributed by atoms with Crippen molar-refractivity contribution in [3.63, 3.8) is 0 Å². The van der Waals surface area contributed by atoms with Crippen LogP contribution in [0.25, 0.3) is 0 Å². The second-order valence-corrected chi connectivity index (χ2v) is 5.12. The van der Waals surface area contributed by atoms with Gasteiger partial charge in [-0.1, -0.05) is 18.2 Å². The quantitative estimate of drug-likeness (QED) is 0.610. The summed E-state index contributed by atoms with van der Waals surface area (Å²) >= 11 is 0. The first-order valence-electron chi connectivity index (χ1n) is 7.70. The molecule has 0 bridgehead atoms. The Bertz CT molecular complexity index is 679. The van der Waals surface area contributed by atoms with Gasteiger partial charge in [-0.2, -0.15) is 0 Å². The van der Waals surface area contributed by atoms with Crippen molar-refractivity contribution in [2.75, 3.05) is 18.4 Å². The van der Waals surface area contributed by atoms with Crippen LogP contribution in [0.3, 0.4) is 0 Å². The molecule has 1 aromatic heterocycles. The average molecular weight is 308 g/mol. The summed E-state index contributed by atoms with van der Waals surface area (Å²) in [6.45, 7) is 2.46. The summed E-state index contributed by atoms with van der Waals surface area (Å²) in [7, 11) is 0. The number of rotatable bonds is 8. The van der Waals surface area contributed by atoms with E-state index in [0.717, 1.165) is 42.6 Å². The van der Waals surface area contributed by atoms with Gasteiger partial charge in [0.05, 0.1) is 12.8 Å². The summed E-state index contributed by atoms with van der Waals surface area (Å²) in [4.78, 5) is 0. The van der Waals surface area contributed by atoms with Gasteiger partial charge in [-0.15, -0.1) is 0 Å². The number of nitrogens with one attached hydrogen (secondary N) is 2. The maximum atomic E-state index is 5.77. The van der Waals surface area contributed by atoms with Gasteiger partial charge in [0.1, 0.15) is 17.3 Å². The molecule has 3 aromatic rings. The van der Waals surface area contributed by atoms with E-state index < -0.39 is 0 Å². The van der Waals surface area contributed by atoms with E-state index in [2.05, 4.69) is 10.6 Å². The Morgan fingerprint density at radius 1 is 0.783 bits per heavy atom. The van der Waals surface area contributed by atoms with E-state index in [9.17, 15) is 0 Å². The molecule has 0 radical (unpaired) electrons. The first kappa shape index (κ1) is 15.2.